The highest BCUT2D eigenvalue weighted by atomic mass is 35.5. The number of ether oxygens (including phenoxy) is 2. The molecule has 2 aromatic carbocycles. The van der Waals surface area contributed by atoms with E-state index in [-0.39, 0.29) is 29.4 Å². The van der Waals surface area contributed by atoms with E-state index in [0.717, 1.165) is 24.9 Å². The zero-order valence-electron chi connectivity index (χ0n) is 17.8. The third kappa shape index (κ3) is 7.77. The summed E-state index contributed by atoms with van der Waals surface area (Å²) in [5.74, 6) is -1.17. The summed E-state index contributed by atoms with van der Waals surface area (Å²) < 4.78 is 10.7. The first kappa shape index (κ1) is 24.5. The molecule has 3 N–H and O–H groups in total. The average molecular weight is 449 g/mol. The first-order chi connectivity index (χ1) is 15.0. The second-order valence-corrected chi connectivity index (χ2v) is 7.33. The maximum absolute atomic E-state index is 12.8. The smallest absolute Gasteiger partial charge is 0.328 e. The van der Waals surface area contributed by atoms with Crippen molar-refractivity contribution in [2.24, 2.45) is 0 Å². The molecule has 1 atom stereocenters. The molecule has 0 radical (unpaired) electrons. The number of phenolic OH excluding ortho intramolecular Hbond substituents is 1. The summed E-state index contributed by atoms with van der Waals surface area (Å²) in [5.41, 5.74) is 0.819. The molecule has 31 heavy (non-hydrogen) atoms. The maximum Gasteiger partial charge on any atom is 0.328 e. The molecule has 0 bridgehead atoms. The van der Waals surface area contributed by atoms with Crippen molar-refractivity contribution < 1.29 is 24.2 Å². The van der Waals surface area contributed by atoms with Crippen molar-refractivity contribution in [2.75, 3.05) is 26.8 Å². The van der Waals surface area contributed by atoms with Crippen LogP contribution < -0.4 is 15.4 Å². The predicted octanol–water partition coefficient (Wildman–Crippen LogP) is 3.33. The largest absolute Gasteiger partial charge is 0.507 e. The summed E-state index contributed by atoms with van der Waals surface area (Å²) >= 11 is 6.24. The molecule has 0 heterocycles. The van der Waals surface area contributed by atoms with Crippen LogP contribution in [0.25, 0.3) is 0 Å². The number of rotatable bonds is 12. The molecule has 0 spiro atoms. The van der Waals surface area contributed by atoms with Crippen molar-refractivity contribution in [2.45, 2.75) is 32.2 Å². The molecule has 7 nitrogen and oxygen atoms in total. The number of amides is 1. The summed E-state index contributed by atoms with van der Waals surface area (Å²) in [7, 11) is 1.88. The number of carbonyl (C=O) groups excluding carboxylic acids is 2. The van der Waals surface area contributed by atoms with Crippen molar-refractivity contribution in [3.63, 3.8) is 0 Å². The van der Waals surface area contributed by atoms with Gasteiger partial charge < -0.3 is 25.2 Å². The number of hydrogen-bond acceptors (Lipinski definition) is 6. The maximum atomic E-state index is 12.8. The standard InChI is InChI=1S/C23H29ClN2O5/c1-3-30-23(29)19(13-16-9-5-4-6-10-16)26-22(28)17-14-18(24)21(15-20(17)27)31-12-8-7-11-25-2/h4-6,9-10,14-15,19,25,27H,3,7-8,11-13H2,1-2H3,(H,26,28)/t19-/m1/s1. The van der Waals surface area contributed by atoms with Crippen molar-refractivity contribution in [3.05, 3.63) is 58.6 Å². The number of aromatic hydroxyl groups is 1. The van der Waals surface area contributed by atoms with Crippen LogP contribution in [0.5, 0.6) is 11.5 Å². The van der Waals surface area contributed by atoms with Crippen LogP contribution in [0, 0.1) is 0 Å². The zero-order chi connectivity index (χ0) is 22.6. The fraction of sp³-hybridized carbons (Fsp3) is 0.391. The van der Waals surface area contributed by atoms with Gasteiger partial charge >= 0.3 is 5.97 Å². The molecule has 2 aromatic rings. The second kappa shape index (κ2) is 12.8. The van der Waals surface area contributed by atoms with E-state index in [1.807, 2.05) is 37.4 Å². The lowest BCUT2D eigenvalue weighted by Crippen LogP contribution is -2.43. The third-order valence-corrected chi connectivity index (χ3v) is 4.83. The minimum Gasteiger partial charge on any atom is -0.507 e. The molecule has 0 aromatic heterocycles. The van der Waals surface area contributed by atoms with Gasteiger partial charge in [0.15, 0.2) is 0 Å². The van der Waals surface area contributed by atoms with Gasteiger partial charge in [-0.15, -0.1) is 0 Å². The van der Waals surface area contributed by atoms with Gasteiger partial charge in [-0.1, -0.05) is 41.9 Å². The Kier molecular flexibility index (Phi) is 10.1. The molecule has 0 aliphatic rings. The molecule has 168 valence electrons. The molecule has 0 aliphatic heterocycles. The third-order valence-electron chi connectivity index (χ3n) is 4.53. The van der Waals surface area contributed by atoms with Crippen molar-refractivity contribution in [3.8, 4) is 11.5 Å². The topological polar surface area (TPSA) is 96.9 Å². The summed E-state index contributed by atoms with van der Waals surface area (Å²) in [6.07, 6.45) is 2.02. The van der Waals surface area contributed by atoms with Crippen molar-refractivity contribution >= 4 is 23.5 Å². The highest BCUT2D eigenvalue weighted by molar-refractivity contribution is 6.32. The number of esters is 1. The summed E-state index contributed by atoms with van der Waals surface area (Å²) in [4.78, 5) is 25.1. The molecule has 0 aliphatic carbocycles. The lowest BCUT2D eigenvalue weighted by atomic mass is 10.1. The van der Waals surface area contributed by atoms with Crippen LogP contribution in [0.15, 0.2) is 42.5 Å². The fourth-order valence-electron chi connectivity index (χ4n) is 2.94. The van der Waals surface area contributed by atoms with Gasteiger partial charge in [-0.25, -0.2) is 4.79 Å². The van der Waals surface area contributed by atoms with E-state index in [1.54, 1.807) is 6.92 Å². The Balaban J connectivity index is 2.10. The summed E-state index contributed by atoms with van der Waals surface area (Å²) in [6.45, 7) is 3.21. The molecule has 1 amide bonds. The van der Waals surface area contributed by atoms with Gasteiger partial charge in [-0.3, -0.25) is 4.79 Å². The van der Waals surface area contributed by atoms with E-state index in [4.69, 9.17) is 21.1 Å². The molecule has 0 saturated carbocycles. The monoisotopic (exact) mass is 448 g/mol. The van der Waals surface area contributed by atoms with Gasteiger partial charge in [0.25, 0.3) is 5.91 Å². The molecule has 8 heteroatoms. The summed E-state index contributed by atoms with van der Waals surface area (Å²) in [6, 6.07) is 11.0. The fourth-order valence-corrected chi connectivity index (χ4v) is 3.16. The van der Waals surface area contributed by atoms with E-state index in [1.165, 1.54) is 12.1 Å². The second-order valence-electron chi connectivity index (χ2n) is 6.93. The molecular weight excluding hydrogens is 420 g/mol. The van der Waals surface area contributed by atoms with Gasteiger partial charge in [0.1, 0.15) is 17.5 Å². The van der Waals surface area contributed by atoms with Crippen LogP contribution in [-0.4, -0.2) is 49.8 Å². The first-order valence-corrected chi connectivity index (χ1v) is 10.6. The Hall–Kier alpha value is -2.77. The number of hydrogen-bond donors (Lipinski definition) is 3. The highest BCUT2D eigenvalue weighted by Gasteiger charge is 2.25. The number of nitrogens with one attached hydrogen (secondary N) is 2. The van der Waals surface area contributed by atoms with E-state index in [2.05, 4.69) is 10.6 Å². The molecule has 2 rings (SSSR count). The zero-order valence-corrected chi connectivity index (χ0v) is 18.6. The van der Waals surface area contributed by atoms with Gasteiger partial charge in [-0.2, -0.15) is 0 Å². The van der Waals surface area contributed by atoms with Crippen LogP contribution >= 0.6 is 11.6 Å². The van der Waals surface area contributed by atoms with Crippen LogP contribution in [0.3, 0.4) is 0 Å². The number of unbranched alkanes of at least 4 members (excludes halogenated alkanes) is 1. The minimum atomic E-state index is -0.906. The van der Waals surface area contributed by atoms with E-state index in [9.17, 15) is 14.7 Å². The quantitative estimate of drug-likeness (QED) is 0.340. The van der Waals surface area contributed by atoms with Crippen molar-refractivity contribution in [1.29, 1.82) is 0 Å². The number of phenols is 1. The van der Waals surface area contributed by atoms with Crippen LogP contribution in [0.1, 0.15) is 35.7 Å². The average Bonchev–Trinajstić information content (AvgIpc) is 2.76. The Morgan fingerprint density at radius 3 is 2.58 bits per heavy atom. The molecule has 0 unspecified atom stereocenters. The molecular formula is C23H29ClN2O5. The minimum absolute atomic E-state index is 0.0464. The number of benzene rings is 2. The van der Waals surface area contributed by atoms with Crippen LogP contribution in [-0.2, 0) is 16.0 Å². The van der Waals surface area contributed by atoms with Crippen LogP contribution in [0.4, 0.5) is 0 Å². The number of carbonyl (C=O) groups is 2. The summed E-state index contributed by atoms with van der Waals surface area (Å²) in [5, 5.41) is 16.2. The Bertz CT molecular complexity index is 861. The Labute approximate surface area is 187 Å². The Morgan fingerprint density at radius 1 is 1.16 bits per heavy atom. The normalized spacial score (nSPS) is 11.6. The lowest BCUT2D eigenvalue weighted by Gasteiger charge is -2.18. The first-order valence-electron chi connectivity index (χ1n) is 10.3. The SMILES string of the molecule is CCOC(=O)[C@@H](Cc1ccccc1)NC(=O)c1cc(Cl)c(OCCCCNC)cc1O. The van der Waals surface area contributed by atoms with Gasteiger partial charge in [0.2, 0.25) is 0 Å². The predicted molar refractivity (Wildman–Crippen MR) is 120 cm³/mol. The van der Waals surface area contributed by atoms with E-state index in [0.29, 0.717) is 12.4 Å². The van der Waals surface area contributed by atoms with Crippen molar-refractivity contribution in [1.82, 2.24) is 10.6 Å². The lowest BCUT2D eigenvalue weighted by molar-refractivity contribution is -0.145. The van der Waals surface area contributed by atoms with Gasteiger partial charge in [0, 0.05) is 12.5 Å². The van der Waals surface area contributed by atoms with Crippen LogP contribution in [0.2, 0.25) is 5.02 Å². The van der Waals surface area contributed by atoms with E-state index < -0.39 is 17.9 Å². The van der Waals surface area contributed by atoms with Gasteiger partial charge in [0.05, 0.1) is 23.8 Å². The van der Waals surface area contributed by atoms with E-state index >= 15 is 0 Å². The molecule has 0 fully saturated rings. The molecule has 0 saturated heterocycles. The number of halogens is 1. The van der Waals surface area contributed by atoms with Gasteiger partial charge in [-0.05, 0) is 45.0 Å². The Morgan fingerprint density at radius 2 is 1.90 bits per heavy atom. The highest BCUT2D eigenvalue weighted by Crippen LogP contribution is 2.32.